The van der Waals surface area contributed by atoms with E-state index in [0.29, 0.717) is 12.1 Å². The van der Waals surface area contributed by atoms with Crippen LogP contribution in [0, 0.1) is 6.92 Å². The van der Waals surface area contributed by atoms with Gasteiger partial charge in [0.2, 0.25) is 0 Å². The van der Waals surface area contributed by atoms with E-state index < -0.39 is 10.0 Å². The maximum atomic E-state index is 12.6. The fraction of sp³-hybridized carbons (Fsp3) is 0.0870. The van der Waals surface area contributed by atoms with Gasteiger partial charge in [0.05, 0.1) is 10.6 Å². The molecule has 0 amide bonds. The zero-order valence-electron chi connectivity index (χ0n) is 15.7. The molecule has 0 aliphatic carbocycles. The van der Waals surface area contributed by atoms with E-state index in [1.54, 1.807) is 24.3 Å². The van der Waals surface area contributed by atoms with Gasteiger partial charge in [-0.1, -0.05) is 84.9 Å². The number of benzene rings is 3. The van der Waals surface area contributed by atoms with Crippen LogP contribution in [0.25, 0.3) is 5.57 Å². The summed E-state index contributed by atoms with van der Waals surface area (Å²) in [4.78, 5) is 2.55. The molecule has 1 N–H and O–H groups in total. The van der Waals surface area contributed by atoms with Crippen LogP contribution in [0.5, 0.6) is 0 Å². The van der Waals surface area contributed by atoms with Gasteiger partial charge < -0.3 is 0 Å². The predicted octanol–water partition coefficient (Wildman–Crippen LogP) is 4.78. The van der Waals surface area contributed by atoms with Crippen molar-refractivity contribution in [3.05, 3.63) is 108 Å². The van der Waals surface area contributed by atoms with Crippen LogP contribution in [0.2, 0.25) is 0 Å². The Morgan fingerprint density at radius 3 is 1.96 bits per heavy atom. The monoisotopic (exact) mass is 390 g/mol. The number of allylic oxidation sites excluding steroid dienone is 1. The molecule has 0 heterocycles. The lowest BCUT2D eigenvalue weighted by molar-refractivity contribution is 0.584. The molecule has 3 aromatic rings. The van der Waals surface area contributed by atoms with Crippen LogP contribution in [0.4, 0.5) is 0 Å². The summed E-state index contributed by atoms with van der Waals surface area (Å²) in [5.74, 6) is 0. The van der Waals surface area contributed by atoms with Crippen molar-refractivity contribution in [2.75, 3.05) is 0 Å². The van der Waals surface area contributed by atoms with Crippen molar-refractivity contribution in [3.63, 3.8) is 0 Å². The molecule has 0 fully saturated rings. The van der Waals surface area contributed by atoms with Crippen molar-refractivity contribution in [3.8, 4) is 0 Å². The zero-order valence-corrected chi connectivity index (χ0v) is 16.5. The summed E-state index contributed by atoms with van der Waals surface area (Å²) >= 11 is 0. The molecule has 142 valence electrons. The molecule has 4 nitrogen and oxygen atoms in total. The fourth-order valence-electron chi connectivity index (χ4n) is 2.70. The van der Waals surface area contributed by atoms with Crippen molar-refractivity contribution in [2.24, 2.45) is 5.10 Å². The molecule has 0 saturated carbocycles. The highest BCUT2D eigenvalue weighted by atomic mass is 32.2. The van der Waals surface area contributed by atoms with Crippen molar-refractivity contribution in [2.45, 2.75) is 18.2 Å². The number of hydrogen-bond acceptors (Lipinski definition) is 3. The highest BCUT2D eigenvalue weighted by molar-refractivity contribution is 7.89. The van der Waals surface area contributed by atoms with Gasteiger partial charge in [0.15, 0.2) is 0 Å². The molecule has 3 rings (SSSR count). The lowest BCUT2D eigenvalue weighted by atomic mass is 9.98. The van der Waals surface area contributed by atoms with E-state index in [2.05, 4.69) is 16.5 Å². The third-order valence-electron chi connectivity index (χ3n) is 4.30. The first kappa shape index (κ1) is 19.6. The number of sulfonamides is 1. The molecule has 5 heteroatoms. The summed E-state index contributed by atoms with van der Waals surface area (Å²) in [5, 5.41) is 4.25. The lowest BCUT2D eigenvalue weighted by Gasteiger charge is -2.11. The molecule has 0 radical (unpaired) electrons. The maximum Gasteiger partial charge on any atom is 0.276 e. The van der Waals surface area contributed by atoms with Crippen molar-refractivity contribution in [1.82, 2.24) is 4.83 Å². The molecule has 3 aromatic carbocycles. The zero-order chi connectivity index (χ0) is 20.0. The van der Waals surface area contributed by atoms with Gasteiger partial charge in [-0.25, -0.2) is 0 Å². The Labute approximate surface area is 166 Å². The van der Waals surface area contributed by atoms with E-state index in [1.807, 2.05) is 67.6 Å². The van der Waals surface area contributed by atoms with Crippen LogP contribution in [0.1, 0.15) is 23.1 Å². The SMILES string of the molecule is C=C(C/C(=N\NS(=O)(=O)c1ccc(C)cc1)c1ccccc1)c1ccccc1. The second kappa shape index (κ2) is 8.67. The molecule has 0 bridgehead atoms. The van der Waals surface area contributed by atoms with E-state index >= 15 is 0 Å². The summed E-state index contributed by atoms with van der Waals surface area (Å²) in [6.07, 6.45) is 0.421. The minimum absolute atomic E-state index is 0.177. The number of nitrogens with zero attached hydrogens (tertiary/aromatic N) is 1. The van der Waals surface area contributed by atoms with Gasteiger partial charge in [-0.2, -0.15) is 18.4 Å². The van der Waals surface area contributed by atoms with Crippen LogP contribution < -0.4 is 4.83 Å². The first-order valence-electron chi connectivity index (χ1n) is 8.89. The molecule has 0 saturated heterocycles. The minimum atomic E-state index is -3.75. The van der Waals surface area contributed by atoms with E-state index in [4.69, 9.17) is 0 Å². The Kier molecular flexibility index (Phi) is 6.06. The number of nitrogens with one attached hydrogen (secondary N) is 1. The van der Waals surface area contributed by atoms with Crippen molar-refractivity contribution >= 4 is 21.3 Å². The Morgan fingerprint density at radius 2 is 1.39 bits per heavy atom. The van der Waals surface area contributed by atoms with E-state index in [-0.39, 0.29) is 4.90 Å². The van der Waals surface area contributed by atoms with Gasteiger partial charge in [0, 0.05) is 6.42 Å². The predicted molar refractivity (Wildman–Crippen MR) is 115 cm³/mol. The van der Waals surface area contributed by atoms with E-state index in [0.717, 1.165) is 22.3 Å². The smallest absolute Gasteiger partial charge is 0.200 e. The highest BCUT2D eigenvalue weighted by Crippen LogP contribution is 2.19. The standard InChI is InChI=1S/C23H22N2O2S/c1-18-13-15-22(16-14-18)28(26,27)25-24-23(21-11-7-4-8-12-21)17-19(2)20-9-5-3-6-10-20/h3-16,25H,2,17H2,1H3/b24-23+. The number of rotatable bonds is 7. The van der Waals surface area contributed by atoms with Gasteiger partial charge in [-0.15, -0.1) is 0 Å². The molecule has 0 aliphatic rings. The summed E-state index contributed by atoms with van der Waals surface area (Å²) < 4.78 is 25.2. The number of aryl methyl sites for hydroxylation is 1. The number of hydrazone groups is 1. The van der Waals surface area contributed by atoms with Gasteiger partial charge in [-0.05, 0) is 35.8 Å². The summed E-state index contributed by atoms with van der Waals surface area (Å²) in [6.45, 7) is 6.05. The van der Waals surface area contributed by atoms with Crippen LogP contribution in [0.15, 0.2) is 102 Å². The van der Waals surface area contributed by atoms with Crippen LogP contribution in [-0.4, -0.2) is 14.1 Å². The minimum Gasteiger partial charge on any atom is -0.200 e. The number of hydrogen-bond donors (Lipinski definition) is 1. The first-order valence-corrected chi connectivity index (χ1v) is 10.4. The summed E-state index contributed by atoms with van der Waals surface area (Å²) in [6, 6.07) is 25.9. The lowest BCUT2D eigenvalue weighted by Crippen LogP contribution is -2.21. The molecule has 0 spiro atoms. The van der Waals surface area contributed by atoms with Crippen LogP contribution >= 0.6 is 0 Å². The second-order valence-electron chi connectivity index (χ2n) is 6.48. The highest BCUT2D eigenvalue weighted by Gasteiger charge is 2.14. The third kappa shape index (κ3) is 4.96. The van der Waals surface area contributed by atoms with Crippen LogP contribution in [-0.2, 0) is 10.0 Å². The summed E-state index contributed by atoms with van der Waals surface area (Å²) in [7, 11) is -3.75. The summed E-state index contributed by atoms with van der Waals surface area (Å²) in [5.41, 5.74) is 4.29. The van der Waals surface area contributed by atoms with Gasteiger partial charge in [0.1, 0.15) is 0 Å². The maximum absolute atomic E-state index is 12.6. The molecule has 0 unspecified atom stereocenters. The van der Waals surface area contributed by atoms with Gasteiger partial charge in [0.25, 0.3) is 10.0 Å². The van der Waals surface area contributed by atoms with E-state index in [1.165, 1.54) is 0 Å². The first-order chi connectivity index (χ1) is 13.5. The molecule has 0 aromatic heterocycles. The van der Waals surface area contributed by atoms with Gasteiger partial charge >= 0.3 is 0 Å². The molecule has 0 aliphatic heterocycles. The Hall–Kier alpha value is -3.18. The molecule has 0 atom stereocenters. The van der Waals surface area contributed by atoms with E-state index in [9.17, 15) is 8.42 Å². The topological polar surface area (TPSA) is 58.5 Å². The van der Waals surface area contributed by atoms with Crippen molar-refractivity contribution in [1.29, 1.82) is 0 Å². The second-order valence-corrected chi connectivity index (χ2v) is 8.14. The van der Waals surface area contributed by atoms with Gasteiger partial charge in [-0.3, -0.25) is 0 Å². The largest absolute Gasteiger partial charge is 0.276 e. The molecular formula is C23H22N2O2S. The molecule has 28 heavy (non-hydrogen) atoms. The Morgan fingerprint density at radius 1 is 0.857 bits per heavy atom. The Balaban J connectivity index is 1.88. The fourth-order valence-corrected chi connectivity index (χ4v) is 3.53. The normalized spacial score (nSPS) is 11.8. The third-order valence-corrected chi connectivity index (χ3v) is 5.53. The molecular weight excluding hydrogens is 368 g/mol. The van der Waals surface area contributed by atoms with Crippen molar-refractivity contribution < 1.29 is 8.42 Å². The average Bonchev–Trinajstić information content (AvgIpc) is 2.72. The Bertz CT molecular complexity index is 1070. The van der Waals surface area contributed by atoms with Crippen LogP contribution in [0.3, 0.4) is 0 Å². The quantitative estimate of drug-likeness (QED) is 0.466. The average molecular weight is 391 g/mol.